The zero-order chi connectivity index (χ0) is 25.5. The Morgan fingerprint density at radius 3 is 1.68 bits per heavy atom. The number of nitrogens with zero attached hydrogens (tertiary/aromatic N) is 1. The van der Waals surface area contributed by atoms with Crippen LogP contribution >= 0.6 is 0 Å². The van der Waals surface area contributed by atoms with Gasteiger partial charge in [-0.1, -0.05) is 92.7 Å². The van der Waals surface area contributed by atoms with Crippen LogP contribution < -0.4 is 15.0 Å². The summed E-state index contributed by atoms with van der Waals surface area (Å²) in [7, 11) is 0. The number of rotatable bonds is 4. The van der Waals surface area contributed by atoms with E-state index in [1.54, 1.807) is 12.1 Å². The number of para-hydroxylation sites is 1. The molecule has 2 aliphatic heterocycles. The lowest BCUT2D eigenvalue weighted by Crippen LogP contribution is -2.47. The molecule has 1 amide bonds. The van der Waals surface area contributed by atoms with Crippen molar-refractivity contribution in [3.8, 4) is 5.75 Å². The van der Waals surface area contributed by atoms with Crippen LogP contribution in [0.3, 0.4) is 0 Å². The summed E-state index contributed by atoms with van der Waals surface area (Å²) >= 11 is 0. The predicted octanol–water partition coefficient (Wildman–Crippen LogP) is 7.52. The van der Waals surface area contributed by atoms with Crippen molar-refractivity contribution in [3.63, 3.8) is 0 Å². The minimum absolute atomic E-state index is 0.169. The number of amides is 1. The van der Waals surface area contributed by atoms with Gasteiger partial charge in [0, 0.05) is 35.3 Å². The number of anilines is 2. The van der Waals surface area contributed by atoms with Crippen LogP contribution in [0.1, 0.15) is 48.9 Å². The van der Waals surface area contributed by atoms with E-state index in [2.05, 4.69) is 96.9 Å². The largest absolute Gasteiger partial charge is 0.417 e. The molecule has 0 spiro atoms. The number of nitrogens with one attached hydrogen (secondary N) is 1. The van der Waals surface area contributed by atoms with Gasteiger partial charge in [-0.15, -0.1) is 0 Å². The lowest BCUT2D eigenvalue weighted by Gasteiger charge is -2.50. The number of ether oxygens (including phenoxy) is 1. The third-order valence-electron chi connectivity index (χ3n) is 8.40. The third-order valence-corrected chi connectivity index (χ3v) is 8.40. The van der Waals surface area contributed by atoms with Gasteiger partial charge in [0.05, 0.1) is 0 Å². The Labute approximate surface area is 218 Å². The van der Waals surface area contributed by atoms with Crippen molar-refractivity contribution < 1.29 is 9.53 Å². The minimum Gasteiger partial charge on any atom is -0.410 e. The Hall–Kier alpha value is -4.05. The quantitative estimate of drug-likeness (QED) is 0.323. The molecular weight excluding hydrogens is 456 g/mol. The van der Waals surface area contributed by atoms with E-state index in [1.165, 1.54) is 27.9 Å². The third kappa shape index (κ3) is 4.07. The number of hydrogen-bond acceptors (Lipinski definition) is 3. The second kappa shape index (κ2) is 9.11. The fourth-order valence-electron chi connectivity index (χ4n) is 6.16. The molecule has 0 aromatic heterocycles. The van der Waals surface area contributed by atoms with Gasteiger partial charge in [-0.2, -0.15) is 0 Å². The van der Waals surface area contributed by atoms with Gasteiger partial charge in [-0.3, -0.25) is 5.32 Å². The van der Waals surface area contributed by atoms with Gasteiger partial charge in [0.1, 0.15) is 5.75 Å². The topological polar surface area (TPSA) is 41.6 Å². The van der Waals surface area contributed by atoms with E-state index >= 15 is 0 Å². The van der Waals surface area contributed by atoms with Crippen LogP contribution in [0.15, 0.2) is 103 Å². The summed E-state index contributed by atoms with van der Waals surface area (Å²) in [5.41, 5.74) is 6.87. The number of carbonyl (C=O) groups is 1. The molecular formula is C33H32N2O2. The van der Waals surface area contributed by atoms with Gasteiger partial charge in [0.15, 0.2) is 0 Å². The Morgan fingerprint density at radius 1 is 0.730 bits per heavy atom. The number of benzene rings is 4. The second-order valence-corrected chi connectivity index (χ2v) is 10.6. The van der Waals surface area contributed by atoms with Gasteiger partial charge < -0.3 is 9.64 Å². The van der Waals surface area contributed by atoms with Crippen molar-refractivity contribution in [1.82, 2.24) is 0 Å². The van der Waals surface area contributed by atoms with Crippen molar-refractivity contribution in [1.29, 1.82) is 0 Å². The van der Waals surface area contributed by atoms with Gasteiger partial charge in [0.2, 0.25) is 0 Å². The van der Waals surface area contributed by atoms with Crippen molar-refractivity contribution in [2.75, 3.05) is 23.3 Å². The summed E-state index contributed by atoms with van der Waals surface area (Å²) in [5.74, 6) is 0.522. The Balaban J connectivity index is 1.50. The van der Waals surface area contributed by atoms with Gasteiger partial charge in [-0.05, 0) is 59.4 Å². The van der Waals surface area contributed by atoms with E-state index in [0.29, 0.717) is 5.75 Å². The first-order valence-electron chi connectivity index (χ1n) is 13.1. The van der Waals surface area contributed by atoms with Crippen LogP contribution in [0.5, 0.6) is 5.75 Å². The van der Waals surface area contributed by atoms with E-state index in [1.807, 2.05) is 18.2 Å². The molecule has 0 bridgehead atoms. The molecule has 0 saturated heterocycles. The minimum atomic E-state index is -0.482. The molecule has 2 atom stereocenters. The molecule has 2 heterocycles. The average molecular weight is 489 g/mol. The maximum atomic E-state index is 12.9. The zero-order valence-electron chi connectivity index (χ0n) is 21.4. The molecule has 0 saturated carbocycles. The van der Waals surface area contributed by atoms with Crippen molar-refractivity contribution in [3.05, 3.63) is 125 Å². The summed E-state index contributed by atoms with van der Waals surface area (Å²) < 4.78 is 5.58. The fourth-order valence-corrected chi connectivity index (χ4v) is 6.16. The first-order valence-corrected chi connectivity index (χ1v) is 13.1. The molecule has 0 fully saturated rings. The highest BCUT2D eigenvalue weighted by Gasteiger charge is 2.45. The van der Waals surface area contributed by atoms with Crippen molar-refractivity contribution in [2.45, 2.75) is 37.5 Å². The maximum Gasteiger partial charge on any atom is 0.417 e. The van der Waals surface area contributed by atoms with Crippen molar-refractivity contribution in [2.24, 2.45) is 0 Å². The summed E-state index contributed by atoms with van der Waals surface area (Å²) in [6, 6.07) is 35.0. The molecule has 4 aromatic carbocycles. The molecule has 4 heteroatoms. The first-order chi connectivity index (χ1) is 18.0. The van der Waals surface area contributed by atoms with E-state index in [9.17, 15) is 4.79 Å². The summed E-state index contributed by atoms with van der Waals surface area (Å²) in [5, 5.41) is 3.05. The van der Waals surface area contributed by atoms with Crippen LogP contribution in [0.2, 0.25) is 0 Å². The summed E-state index contributed by atoms with van der Waals surface area (Å²) in [6.45, 7) is 6.71. The molecule has 0 radical (unpaired) electrons. The Bertz CT molecular complexity index is 1340. The summed E-state index contributed by atoms with van der Waals surface area (Å²) in [6.07, 6.45) is 1.55. The van der Waals surface area contributed by atoms with E-state index < -0.39 is 6.09 Å². The highest BCUT2D eigenvalue weighted by Crippen LogP contribution is 2.54. The maximum absolute atomic E-state index is 12.9. The second-order valence-electron chi connectivity index (χ2n) is 10.6. The van der Waals surface area contributed by atoms with E-state index in [0.717, 1.165) is 31.6 Å². The lowest BCUT2D eigenvalue weighted by atomic mass is 9.64. The lowest BCUT2D eigenvalue weighted by molar-refractivity contribution is 0.215. The number of hydrogen-bond donors (Lipinski definition) is 1. The smallest absolute Gasteiger partial charge is 0.410 e. The highest BCUT2D eigenvalue weighted by molar-refractivity contribution is 5.88. The molecule has 186 valence electrons. The normalized spacial score (nSPS) is 22.2. The fraction of sp³-hybridized carbons (Fsp3) is 0.242. The zero-order valence-corrected chi connectivity index (χ0v) is 21.4. The van der Waals surface area contributed by atoms with E-state index in [4.69, 9.17) is 4.74 Å². The van der Waals surface area contributed by atoms with E-state index in [-0.39, 0.29) is 10.8 Å². The molecule has 4 nitrogen and oxygen atoms in total. The van der Waals surface area contributed by atoms with Crippen LogP contribution in [0.25, 0.3) is 0 Å². The number of carbonyl (C=O) groups excluding carboxylic acids is 1. The predicted molar refractivity (Wildman–Crippen MR) is 150 cm³/mol. The SMILES string of the molecule is CC1(c2ccccc2)CCN2CCC(C)(c3ccccc3)c3cc(NC(=O)Oc4ccccc4)cc1c32. The molecule has 6 rings (SSSR count). The highest BCUT2D eigenvalue weighted by atomic mass is 16.6. The summed E-state index contributed by atoms with van der Waals surface area (Å²) in [4.78, 5) is 15.5. The Kier molecular flexibility index (Phi) is 5.75. The van der Waals surface area contributed by atoms with Crippen LogP contribution in [0, 0.1) is 0 Å². The molecule has 0 aliphatic carbocycles. The van der Waals surface area contributed by atoms with Gasteiger partial charge >= 0.3 is 6.09 Å². The monoisotopic (exact) mass is 488 g/mol. The average Bonchev–Trinajstić information content (AvgIpc) is 2.93. The van der Waals surface area contributed by atoms with Gasteiger partial charge in [0.25, 0.3) is 0 Å². The first kappa shape index (κ1) is 23.4. The molecule has 1 N–H and O–H groups in total. The van der Waals surface area contributed by atoms with Crippen molar-refractivity contribution >= 4 is 17.5 Å². The molecule has 2 unspecified atom stereocenters. The van der Waals surface area contributed by atoms with Gasteiger partial charge in [-0.25, -0.2) is 4.79 Å². The molecule has 4 aromatic rings. The standard InChI is InChI=1S/C33H32N2O2/c1-32(24-12-6-3-7-13-24)18-20-35-21-19-33(2,25-14-8-4-9-15-25)29-23-26(22-28(32)30(29)35)34-31(36)37-27-16-10-5-11-17-27/h3-17,22-23H,18-21H2,1-2H3,(H,34,36). The molecule has 37 heavy (non-hydrogen) atoms. The molecule has 2 aliphatic rings. The van der Waals surface area contributed by atoms with Crippen LogP contribution in [-0.2, 0) is 10.8 Å². The Morgan fingerprint density at radius 2 is 1.19 bits per heavy atom. The van der Waals surface area contributed by atoms with Crippen LogP contribution in [0.4, 0.5) is 16.2 Å². The van der Waals surface area contributed by atoms with Crippen LogP contribution in [-0.4, -0.2) is 19.2 Å².